The quantitative estimate of drug-likeness (QED) is 0.748. The van der Waals surface area contributed by atoms with E-state index in [1.54, 1.807) is 4.68 Å². The predicted molar refractivity (Wildman–Crippen MR) is 99.2 cm³/mol. The van der Waals surface area contributed by atoms with E-state index in [0.29, 0.717) is 24.3 Å². The van der Waals surface area contributed by atoms with Crippen LogP contribution in [0.5, 0.6) is 0 Å². The lowest BCUT2D eigenvalue weighted by molar-refractivity contribution is 0.0950. The zero-order valence-electron chi connectivity index (χ0n) is 14.8. The lowest BCUT2D eigenvalue weighted by Crippen LogP contribution is -2.31. The molecule has 1 unspecified atom stereocenters. The second-order valence-corrected chi connectivity index (χ2v) is 6.38. The Morgan fingerprint density at radius 2 is 2.04 bits per heavy atom. The third kappa shape index (κ3) is 3.39. The third-order valence-corrected chi connectivity index (χ3v) is 4.30. The minimum absolute atomic E-state index is 0.124. The molecule has 25 heavy (non-hydrogen) atoms. The molecule has 0 saturated carbocycles. The molecular weight excluding hydrogens is 314 g/mol. The molecule has 1 atom stereocenters. The van der Waals surface area contributed by atoms with E-state index in [9.17, 15) is 4.79 Å². The Morgan fingerprint density at radius 1 is 1.32 bits per heavy atom. The maximum Gasteiger partial charge on any atom is 0.252 e. The van der Waals surface area contributed by atoms with Gasteiger partial charge in [0.1, 0.15) is 0 Å². The Bertz CT molecular complexity index is 901. The van der Waals surface area contributed by atoms with Crippen molar-refractivity contribution in [1.82, 2.24) is 20.1 Å². The summed E-state index contributed by atoms with van der Waals surface area (Å²) in [6.07, 6.45) is 0. The van der Waals surface area contributed by atoms with Gasteiger partial charge in [-0.2, -0.15) is 5.10 Å². The molecule has 0 spiro atoms. The molecule has 2 aromatic heterocycles. The van der Waals surface area contributed by atoms with Crippen molar-refractivity contribution < 1.29 is 4.79 Å². The Kier molecular flexibility index (Phi) is 4.81. The number of carbonyl (C=O) groups excluding carboxylic acids is 1. The van der Waals surface area contributed by atoms with E-state index < -0.39 is 0 Å². The van der Waals surface area contributed by atoms with Gasteiger partial charge in [-0.05, 0) is 25.5 Å². The molecule has 3 aromatic rings. The fourth-order valence-corrected chi connectivity index (χ4v) is 2.83. The van der Waals surface area contributed by atoms with Crippen LogP contribution in [-0.2, 0) is 7.05 Å². The molecule has 3 N–H and O–H groups in total. The van der Waals surface area contributed by atoms with E-state index in [1.807, 2.05) is 57.3 Å². The molecule has 0 aliphatic rings. The number of carbonyl (C=O) groups is 1. The van der Waals surface area contributed by atoms with Crippen molar-refractivity contribution in [3.05, 3.63) is 47.7 Å². The Morgan fingerprint density at radius 3 is 2.72 bits per heavy atom. The standard InChI is InChI=1S/C19H23N5O/c1-12(10-20)11-21-19(25)15-9-16(14-7-5-4-6-8-14)22-18-17(15)13(2)23-24(18)3/h4-9,12H,10-11,20H2,1-3H3,(H,21,25). The molecule has 2 heterocycles. The van der Waals surface area contributed by atoms with Crippen LogP contribution in [0.25, 0.3) is 22.3 Å². The smallest absolute Gasteiger partial charge is 0.252 e. The van der Waals surface area contributed by atoms with E-state index >= 15 is 0 Å². The number of nitrogens with two attached hydrogens (primary N) is 1. The predicted octanol–water partition coefficient (Wildman–Crippen LogP) is 2.27. The number of nitrogens with zero attached hydrogens (tertiary/aromatic N) is 3. The van der Waals surface area contributed by atoms with Crippen LogP contribution < -0.4 is 11.1 Å². The number of aromatic nitrogens is 3. The minimum Gasteiger partial charge on any atom is -0.352 e. The fourth-order valence-electron chi connectivity index (χ4n) is 2.83. The molecule has 0 saturated heterocycles. The van der Waals surface area contributed by atoms with Crippen LogP contribution in [0, 0.1) is 12.8 Å². The molecule has 0 aliphatic carbocycles. The normalized spacial score (nSPS) is 12.3. The van der Waals surface area contributed by atoms with Crippen LogP contribution in [0.15, 0.2) is 36.4 Å². The summed E-state index contributed by atoms with van der Waals surface area (Å²) in [5.41, 5.74) is 9.46. The first-order chi connectivity index (χ1) is 12.0. The van der Waals surface area contributed by atoms with E-state index in [-0.39, 0.29) is 11.8 Å². The summed E-state index contributed by atoms with van der Waals surface area (Å²) in [5.74, 6) is 0.103. The fraction of sp³-hybridized carbons (Fsp3) is 0.316. The molecule has 0 radical (unpaired) electrons. The van der Waals surface area contributed by atoms with E-state index in [0.717, 1.165) is 22.3 Å². The number of hydrogen-bond donors (Lipinski definition) is 2. The highest BCUT2D eigenvalue weighted by molar-refractivity contribution is 6.07. The van der Waals surface area contributed by atoms with Gasteiger partial charge in [-0.3, -0.25) is 9.48 Å². The van der Waals surface area contributed by atoms with Crippen molar-refractivity contribution >= 4 is 16.9 Å². The number of fused-ring (bicyclic) bond motifs is 1. The zero-order valence-corrected chi connectivity index (χ0v) is 14.8. The van der Waals surface area contributed by atoms with Crippen molar-refractivity contribution in [3.63, 3.8) is 0 Å². The zero-order chi connectivity index (χ0) is 18.0. The number of benzene rings is 1. The van der Waals surface area contributed by atoms with Crippen LogP contribution in [-0.4, -0.2) is 33.8 Å². The summed E-state index contributed by atoms with van der Waals surface area (Å²) in [7, 11) is 1.84. The number of nitrogens with one attached hydrogen (secondary N) is 1. The van der Waals surface area contributed by atoms with E-state index in [4.69, 9.17) is 10.7 Å². The topological polar surface area (TPSA) is 85.8 Å². The Hall–Kier alpha value is -2.73. The largest absolute Gasteiger partial charge is 0.352 e. The van der Waals surface area contributed by atoms with Crippen LogP contribution in [0.1, 0.15) is 23.0 Å². The number of pyridine rings is 1. The van der Waals surface area contributed by atoms with Crippen LogP contribution in [0.2, 0.25) is 0 Å². The van der Waals surface area contributed by atoms with Gasteiger partial charge in [0, 0.05) is 19.2 Å². The number of aryl methyl sites for hydroxylation is 2. The first kappa shape index (κ1) is 17.1. The SMILES string of the molecule is Cc1nn(C)c2nc(-c3ccccc3)cc(C(=O)NCC(C)CN)c12. The summed E-state index contributed by atoms with van der Waals surface area (Å²) < 4.78 is 1.72. The molecule has 3 rings (SSSR count). The molecule has 130 valence electrons. The maximum absolute atomic E-state index is 12.8. The lowest BCUT2D eigenvalue weighted by atomic mass is 10.0. The van der Waals surface area contributed by atoms with Gasteiger partial charge in [0.2, 0.25) is 0 Å². The van der Waals surface area contributed by atoms with Crippen molar-refractivity contribution in [2.75, 3.05) is 13.1 Å². The number of rotatable bonds is 5. The second-order valence-electron chi connectivity index (χ2n) is 6.38. The number of amides is 1. The highest BCUT2D eigenvalue weighted by Gasteiger charge is 2.19. The van der Waals surface area contributed by atoms with Gasteiger partial charge in [-0.1, -0.05) is 37.3 Å². The summed E-state index contributed by atoms with van der Waals surface area (Å²) in [4.78, 5) is 17.5. The molecule has 6 heteroatoms. The van der Waals surface area contributed by atoms with Crippen molar-refractivity contribution in [2.45, 2.75) is 13.8 Å². The van der Waals surface area contributed by atoms with Crippen LogP contribution in [0.3, 0.4) is 0 Å². The highest BCUT2D eigenvalue weighted by Crippen LogP contribution is 2.26. The molecule has 0 fully saturated rings. The van der Waals surface area contributed by atoms with Crippen molar-refractivity contribution in [3.8, 4) is 11.3 Å². The summed E-state index contributed by atoms with van der Waals surface area (Å²) >= 11 is 0. The van der Waals surface area contributed by atoms with Crippen molar-refractivity contribution in [1.29, 1.82) is 0 Å². The minimum atomic E-state index is -0.124. The maximum atomic E-state index is 12.8. The monoisotopic (exact) mass is 337 g/mol. The van der Waals surface area contributed by atoms with Gasteiger partial charge in [-0.15, -0.1) is 0 Å². The van der Waals surface area contributed by atoms with Gasteiger partial charge < -0.3 is 11.1 Å². The molecule has 1 amide bonds. The van der Waals surface area contributed by atoms with E-state index in [2.05, 4.69) is 10.4 Å². The van der Waals surface area contributed by atoms with E-state index in [1.165, 1.54) is 0 Å². The lowest BCUT2D eigenvalue weighted by Gasteiger charge is -2.12. The van der Waals surface area contributed by atoms with Crippen LogP contribution in [0.4, 0.5) is 0 Å². The van der Waals surface area contributed by atoms with Gasteiger partial charge in [-0.25, -0.2) is 4.98 Å². The van der Waals surface area contributed by atoms with Crippen LogP contribution >= 0.6 is 0 Å². The first-order valence-electron chi connectivity index (χ1n) is 8.39. The van der Waals surface area contributed by atoms with Gasteiger partial charge in [0.05, 0.1) is 22.3 Å². The summed E-state index contributed by atoms with van der Waals surface area (Å²) in [5, 5.41) is 8.20. The van der Waals surface area contributed by atoms with Gasteiger partial charge >= 0.3 is 0 Å². The third-order valence-electron chi connectivity index (χ3n) is 4.30. The first-order valence-corrected chi connectivity index (χ1v) is 8.39. The molecular formula is C19H23N5O. The van der Waals surface area contributed by atoms with Crippen molar-refractivity contribution in [2.24, 2.45) is 18.7 Å². The number of hydrogen-bond acceptors (Lipinski definition) is 4. The Balaban J connectivity index is 2.10. The molecule has 0 aliphatic heterocycles. The molecule has 6 nitrogen and oxygen atoms in total. The van der Waals surface area contributed by atoms with Gasteiger partial charge in [0.25, 0.3) is 5.91 Å². The average Bonchev–Trinajstić information content (AvgIpc) is 2.93. The average molecular weight is 337 g/mol. The molecule has 0 bridgehead atoms. The Labute approximate surface area is 147 Å². The summed E-state index contributed by atoms with van der Waals surface area (Å²) in [6, 6.07) is 11.7. The second kappa shape index (κ2) is 7.03. The summed E-state index contributed by atoms with van der Waals surface area (Å²) in [6.45, 7) is 4.98. The highest BCUT2D eigenvalue weighted by atomic mass is 16.1. The van der Waals surface area contributed by atoms with Gasteiger partial charge in [0.15, 0.2) is 5.65 Å². The molecule has 1 aromatic carbocycles.